The van der Waals surface area contributed by atoms with Crippen LogP contribution in [0.1, 0.15) is 18.1 Å². The Morgan fingerprint density at radius 3 is 2.11 bits per heavy atom. The fourth-order valence-electron chi connectivity index (χ4n) is 2.38. The summed E-state index contributed by atoms with van der Waals surface area (Å²) in [5.74, 6) is 1.71. The van der Waals surface area contributed by atoms with E-state index >= 15 is 0 Å². The average molecular weight is 392 g/mol. The smallest absolute Gasteiger partial charge is 0.225 e. The van der Waals surface area contributed by atoms with Crippen molar-refractivity contribution in [3.63, 3.8) is 0 Å². The molecule has 3 nitrogen and oxygen atoms in total. The number of halogens is 1. The molecule has 0 fully saturated rings. The topological polar surface area (TPSA) is 30.8 Å². The molecule has 4 heteroatoms. The van der Waals surface area contributed by atoms with Crippen LogP contribution in [0.25, 0.3) is 0 Å². The van der Waals surface area contributed by atoms with E-state index in [1.807, 2.05) is 81.4 Å². The summed E-state index contributed by atoms with van der Waals surface area (Å²) in [6.45, 7) is 5.96. The average Bonchev–Trinajstić information content (AvgIpc) is 2.70. The van der Waals surface area contributed by atoms with Crippen LogP contribution in [0.5, 0.6) is 11.5 Å². The molecule has 0 amide bonds. The minimum Gasteiger partial charge on any atom is -0.465 e. The lowest BCUT2D eigenvalue weighted by Crippen LogP contribution is -2.11. The maximum atomic E-state index is 6.25. The molecule has 0 radical (unpaired) electrons. The van der Waals surface area contributed by atoms with Gasteiger partial charge < -0.3 is 9.47 Å². The number of nitrogens with zero attached hydrogens (tertiary/aromatic N) is 1. The van der Waals surface area contributed by atoms with Gasteiger partial charge in [0.05, 0.1) is 17.0 Å². The van der Waals surface area contributed by atoms with Crippen molar-refractivity contribution in [2.45, 2.75) is 20.8 Å². The van der Waals surface area contributed by atoms with Crippen molar-refractivity contribution in [3.05, 3.63) is 101 Å². The number of para-hydroxylation sites is 1. The van der Waals surface area contributed by atoms with Crippen LogP contribution >= 0.6 is 11.6 Å². The van der Waals surface area contributed by atoms with E-state index in [2.05, 4.69) is 4.99 Å². The Bertz CT molecular complexity index is 990. The maximum Gasteiger partial charge on any atom is 0.225 e. The van der Waals surface area contributed by atoms with E-state index in [4.69, 9.17) is 21.1 Å². The molecule has 0 bridgehead atoms. The molecule has 0 atom stereocenters. The van der Waals surface area contributed by atoms with Gasteiger partial charge in [0.25, 0.3) is 0 Å². The van der Waals surface area contributed by atoms with Crippen molar-refractivity contribution >= 4 is 23.2 Å². The number of rotatable bonds is 5. The molecule has 0 saturated heterocycles. The minimum atomic E-state index is 0.420. The lowest BCUT2D eigenvalue weighted by Gasteiger charge is -2.11. The van der Waals surface area contributed by atoms with Crippen LogP contribution in [-0.4, -0.2) is 5.90 Å². The molecule has 0 N–H and O–H groups in total. The lowest BCUT2D eigenvalue weighted by molar-refractivity contribution is 0.473. The molecule has 0 unspecified atom stereocenters. The van der Waals surface area contributed by atoms with Crippen molar-refractivity contribution in [3.8, 4) is 11.5 Å². The Labute approximate surface area is 170 Å². The van der Waals surface area contributed by atoms with E-state index in [0.717, 1.165) is 17.0 Å². The highest BCUT2D eigenvalue weighted by Crippen LogP contribution is 2.25. The van der Waals surface area contributed by atoms with Gasteiger partial charge in [0.15, 0.2) is 0 Å². The molecular formula is C24H22ClNO2. The molecule has 3 rings (SSSR count). The fourth-order valence-corrected chi connectivity index (χ4v) is 2.56. The van der Waals surface area contributed by atoms with Gasteiger partial charge in [-0.25, -0.2) is 4.99 Å². The fraction of sp³-hybridized carbons (Fsp3) is 0.125. The molecule has 0 aliphatic carbocycles. The highest BCUT2D eigenvalue weighted by molar-refractivity contribution is 6.32. The van der Waals surface area contributed by atoms with Gasteiger partial charge in [0.1, 0.15) is 11.5 Å². The summed E-state index contributed by atoms with van der Waals surface area (Å²) >= 11 is 6.25. The van der Waals surface area contributed by atoms with E-state index < -0.39 is 0 Å². The molecule has 0 spiro atoms. The summed E-state index contributed by atoms with van der Waals surface area (Å²) in [5, 5.41) is 0.520. The van der Waals surface area contributed by atoms with Gasteiger partial charge in [0, 0.05) is 5.57 Å². The molecule has 0 aliphatic heterocycles. The van der Waals surface area contributed by atoms with Crippen LogP contribution in [0.3, 0.4) is 0 Å². The van der Waals surface area contributed by atoms with Crippen LogP contribution in [0.4, 0.5) is 5.69 Å². The lowest BCUT2D eigenvalue weighted by atomic mass is 10.2. The number of ether oxygens (including phenoxy) is 2. The molecule has 3 aromatic rings. The zero-order chi connectivity index (χ0) is 19.9. The van der Waals surface area contributed by atoms with Gasteiger partial charge in [0.2, 0.25) is 5.90 Å². The standard InChI is InChI=1S/C24H22ClNO2/c1-17-8-12-20(13-9-17)26-24(28-23-7-5-4-6-22(23)25)19(3)16-27-21-14-10-18(2)11-15-21/h4-16H,1-3H3. The third kappa shape index (κ3) is 5.48. The summed E-state index contributed by atoms with van der Waals surface area (Å²) in [7, 11) is 0. The highest BCUT2D eigenvalue weighted by Gasteiger charge is 2.10. The summed E-state index contributed by atoms with van der Waals surface area (Å²) in [6, 6.07) is 23.1. The Morgan fingerprint density at radius 2 is 1.46 bits per heavy atom. The van der Waals surface area contributed by atoms with Gasteiger partial charge in [-0.05, 0) is 57.2 Å². The third-order valence-corrected chi connectivity index (χ3v) is 4.35. The Kier molecular flexibility index (Phi) is 6.51. The summed E-state index contributed by atoms with van der Waals surface area (Å²) in [5.41, 5.74) is 3.87. The van der Waals surface area contributed by atoms with Gasteiger partial charge in [-0.1, -0.05) is 59.1 Å². The van der Waals surface area contributed by atoms with Crippen molar-refractivity contribution in [1.82, 2.24) is 0 Å². The Balaban J connectivity index is 1.90. The SMILES string of the molecule is CC(=COc1ccc(C)cc1)C(=Nc1ccc(C)cc1)Oc1ccccc1Cl. The first-order chi connectivity index (χ1) is 13.5. The predicted molar refractivity (Wildman–Crippen MR) is 116 cm³/mol. The van der Waals surface area contributed by atoms with E-state index in [1.54, 1.807) is 18.4 Å². The van der Waals surface area contributed by atoms with Crippen molar-refractivity contribution in [1.29, 1.82) is 0 Å². The molecular weight excluding hydrogens is 370 g/mol. The number of benzene rings is 3. The summed E-state index contributed by atoms with van der Waals surface area (Å²) in [4.78, 5) is 4.65. The van der Waals surface area contributed by atoms with Crippen LogP contribution in [0.2, 0.25) is 5.02 Å². The van der Waals surface area contributed by atoms with Gasteiger partial charge in [-0.15, -0.1) is 0 Å². The van der Waals surface area contributed by atoms with E-state index in [-0.39, 0.29) is 0 Å². The number of hydrogen-bond acceptors (Lipinski definition) is 3. The normalized spacial score (nSPS) is 12.0. The largest absolute Gasteiger partial charge is 0.465 e. The molecule has 0 heterocycles. The zero-order valence-corrected chi connectivity index (χ0v) is 16.9. The van der Waals surface area contributed by atoms with Crippen LogP contribution in [0.15, 0.2) is 89.6 Å². The number of aliphatic imine (C=N–C) groups is 1. The number of hydrogen-bond donors (Lipinski definition) is 0. The molecule has 0 aromatic heterocycles. The molecule has 142 valence electrons. The van der Waals surface area contributed by atoms with Gasteiger partial charge >= 0.3 is 0 Å². The highest BCUT2D eigenvalue weighted by atomic mass is 35.5. The van der Waals surface area contributed by atoms with E-state index in [1.165, 1.54) is 11.1 Å². The monoisotopic (exact) mass is 391 g/mol. The van der Waals surface area contributed by atoms with E-state index in [0.29, 0.717) is 16.7 Å². The summed E-state index contributed by atoms with van der Waals surface area (Å²) in [6.07, 6.45) is 1.63. The predicted octanol–water partition coefficient (Wildman–Crippen LogP) is 7.05. The van der Waals surface area contributed by atoms with Crippen LogP contribution in [0, 0.1) is 13.8 Å². The quantitative estimate of drug-likeness (QED) is 0.265. The second-order valence-corrected chi connectivity index (χ2v) is 6.92. The molecule has 0 saturated carbocycles. The Hall–Kier alpha value is -3.04. The number of aryl methyl sites for hydroxylation is 2. The van der Waals surface area contributed by atoms with Crippen molar-refractivity contribution in [2.75, 3.05) is 0 Å². The van der Waals surface area contributed by atoms with Gasteiger partial charge in [-0.2, -0.15) is 0 Å². The summed E-state index contributed by atoms with van der Waals surface area (Å²) < 4.78 is 11.8. The first kappa shape index (κ1) is 19.7. The van der Waals surface area contributed by atoms with E-state index in [9.17, 15) is 0 Å². The molecule has 0 aliphatic rings. The minimum absolute atomic E-state index is 0.420. The van der Waals surface area contributed by atoms with Crippen molar-refractivity contribution in [2.24, 2.45) is 4.99 Å². The molecule has 3 aromatic carbocycles. The second-order valence-electron chi connectivity index (χ2n) is 6.52. The zero-order valence-electron chi connectivity index (χ0n) is 16.1. The first-order valence-corrected chi connectivity index (χ1v) is 9.37. The maximum absolute atomic E-state index is 6.25. The van der Waals surface area contributed by atoms with Crippen LogP contribution < -0.4 is 9.47 Å². The Morgan fingerprint density at radius 1 is 0.857 bits per heavy atom. The molecule has 28 heavy (non-hydrogen) atoms. The third-order valence-electron chi connectivity index (χ3n) is 4.04. The van der Waals surface area contributed by atoms with Gasteiger partial charge in [-0.3, -0.25) is 0 Å². The van der Waals surface area contributed by atoms with Crippen molar-refractivity contribution < 1.29 is 9.47 Å². The van der Waals surface area contributed by atoms with Crippen LogP contribution in [-0.2, 0) is 0 Å². The second kappa shape index (κ2) is 9.25. The first-order valence-electron chi connectivity index (χ1n) is 8.99.